The summed E-state index contributed by atoms with van der Waals surface area (Å²) in [5.74, 6) is 0. The number of benzene rings is 2. The summed E-state index contributed by atoms with van der Waals surface area (Å²) < 4.78 is 0. The minimum Gasteiger partial charge on any atom is -0.617 e. The van der Waals surface area contributed by atoms with Gasteiger partial charge in [-0.1, -0.05) is 35.9 Å². The molecule has 4 heteroatoms. The minimum atomic E-state index is 0. The van der Waals surface area contributed by atoms with Crippen LogP contribution in [-0.2, 0) is 21.1 Å². The van der Waals surface area contributed by atoms with Crippen molar-refractivity contribution in [2.75, 3.05) is 0 Å². The van der Waals surface area contributed by atoms with Gasteiger partial charge in [-0.2, -0.15) is 0 Å². The van der Waals surface area contributed by atoms with Crippen molar-refractivity contribution < 1.29 is 21.1 Å². The molecular formula is C10H7ClNSW-. The zero-order valence-corrected chi connectivity index (χ0v) is 11.7. The summed E-state index contributed by atoms with van der Waals surface area (Å²) in [5.41, 5.74) is 0. The first-order valence-corrected chi connectivity index (χ1v) is 5.03. The predicted molar refractivity (Wildman–Crippen MR) is 59.1 cm³/mol. The molecule has 14 heavy (non-hydrogen) atoms. The van der Waals surface area contributed by atoms with Crippen LogP contribution in [0.3, 0.4) is 0 Å². The van der Waals surface area contributed by atoms with E-state index in [0.29, 0.717) is 0 Å². The largest absolute Gasteiger partial charge is 0.617 e. The van der Waals surface area contributed by atoms with E-state index in [1.54, 1.807) is 0 Å². The summed E-state index contributed by atoms with van der Waals surface area (Å²) in [5, 5.41) is 10.1. The zero-order valence-electron chi connectivity index (χ0n) is 7.16. The van der Waals surface area contributed by atoms with Crippen molar-refractivity contribution >= 4 is 34.3 Å². The van der Waals surface area contributed by atoms with Crippen LogP contribution >= 0.6 is 23.5 Å². The molecule has 0 aromatic heterocycles. The van der Waals surface area contributed by atoms with Crippen LogP contribution < -0.4 is 0 Å². The third-order valence-electron chi connectivity index (χ3n) is 1.94. The van der Waals surface area contributed by atoms with E-state index in [4.69, 9.17) is 16.7 Å². The van der Waals surface area contributed by atoms with Crippen LogP contribution in [0.15, 0.2) is 41.3 Å². The van der Waals surface area contributed by atoms with Gasteiger partial charge in [0, 0.05) is 31.5 Å². The monoisotopic (exact) mass is 392 g/mol. The maximum Gasteiger partial charge on any atom is 0.0485 e. The Hall–Kier alpha value is -0.0117. The van der Waals surface area contributed by atoms with Crippen molar-refractivity contribution in [3.63, 3.8) is 0 Å². The van der Waals surface area contributed by atoms with Crippen LogP contribution in [0.4, 0.5) is 0 Å². The second-order valence-corrected chi connectivity index (χ2v) is 3.74. The van der Waals surface area contributed by atoms with Crippen LogP contribution in [0.5, 0.6) is 0 Å². The first-order chi connectivity index (χ1) is 6.33. The Balaban J connectivity index is 0.000000980. The molecule has 0 aliphatic rings. The molecule has 0 unspecified atom stereocenters. The molecule has 1 nitrogen and oxygen atoms in total. The summed E-state index contributed by atoms with van der Waals surface area (Å²) >= 11 is 7.01. The van der Waals surface area contributed by atoms with Gasteiger partial charge in [0.2, 0.25) is 0 Å². The Bertz CT molecular complexity index is 447. The maximum atomic E-state index is 7.27. The van der Waals surface area contributed by atoms with Crippen molar-refractivity contribution in [3.05, 3.63) is 46.6 Å². The molecule has 0 fully saturated rings. The fourth-order valence-electron chi connectivity index (χ4n) is 1.32. The van der Waals surface area contributed by atoms with Crippen molar-refractivity contribution in [3.8, 4) is 0 Å². The normalized spacial score (nSPS) is 9.86. The second-order valence-electron chi connectivity index (χ2n) is 2.69. The third-order valence-corrected chi connectivity index (χ3v) is 2.85. The van der Waals surface area contributed by atoms with E-state index in [2.05, 4.69) is 0 Å². The van der Waals surface area contributed by atoms with Gasteiger partial charge >= 0.3 is 0 Å². The third kappa shape index (κ3) is 2.14. The summed E-state index contributed by atoms with van der Waals surface area (Å²) in [4.78, 5) is 0.944. The molecule has 0 heterocycles. The van der Waals surface area contributed by atoms with Crippen LogP contribution in [0.1, 0.15) is 0 Å². The second kappa shape index (κ2) is 5.18. The van der Waals surface area contributed by atoms with Gasteiger partial charge in [0.05, 0.1) is 0 Å². The molecule has 0 saturated carbocycles. The molecule has 0 saturated heterocycles. The Morgan fingerprint density at radius 2 is 1.64 bits per heavy atom. The smallest absolute Gasteiger partial charge is 0.0485 e. The van der Waals surface area contributed by atoms with E-state index < -0.39 is 0 Å². The molecule has 2 aromatic rings. The topological polar surface area (TPSA) is 23.8 Å². The van der Waals surface area contributed by atoms with Crippen molar-refractivity contribution in [1.29, 1.82) is 0 Å². The average molecular weight is 393 g/mol. The SMILES string of the molecule is [NH-]Sc1ccc(Cl)c2ccccc12.[W]. The van der Waals surface area contributed by atoms with Gasteiger partial charge in [-0.05, 0) is 22.4 Å². The summed E-state index contributed by atoms with van der Waals surface area (Å²) in [7, 11) is 0. The van der Waals surface area contributed by atoms with Crippen LogP contribution in [0.25, 0.3) is 15.9 Å². The van der Waals surface area contributed by atoms with Crippen molar-refractivity contribution in [1.82, 2.24) is 0 Å². The van der Waals surface area contributed by atoms with E-state index in [1.807, 2.05) is 36.4 Å². The number of rotatable bonds is 1. The Morgan fingerprint density at radius 1 is 1.00 bits per heavy atom. The standard InChI is InChI=1S/C10H7ClNS.W/c11-9-5-6-10(13-12)8-4-2-1-3-7(8)9;/h1-6,12H;/q-1;. The molecular weight excluding hydrogens is 385 g/mol. The molecule has 2 aromatic carbocycles. The first kappa shape index (κ1) is 12.1. The zero-order chi connectivity index (χ0) is 9.26. The quantitative estimate of drug-likeness (QED) is 0.653. The van der Waals surface area contributed by atoms with Gasteiger partial charge in [-0.25, -0.2) is 0 Å². The molecule has 1 N–H and O–H groups in total. The van der Waals surface area contributed by atoms with E-state index in [-0.39, 0.29) is 21.1 Å². The van der Waals surface area contributed by atoms with Gasteiger partial charge in [0.1, 0.15) is 0 Å². The van der Waals surface area contributed by atoms with E-state index in [9.17, 15) is 0 Å². The number of nitrogens with one attached hydrogen (secondary N) is 1. The van der Waals surface area contributed by atoms with Crippen molar-refractivity contribution in [2.45, 2.75) is 4.90 Å². The molecule has 0 radical (unpaired) electrons. The summed E-state index contributed by atoms with van der Waals surface area (Å²) in [6, 6.07) is 11.6. The summed E-state index contributed by atoms with van der Waals surface area (Å²) in [6.45, 7) is 0. The minimum absolute atomic E-state index is 0. The maximum absolute atomic E-state index is 7.27. The van der Waals surface area contributed by atoms with Crippen LogP contribution in [0, 0.1) is 0 Å². The van der Waals surface area contributed by atoms with Gasteiger partial charge in [0.15, 0.2) is 0 Å². The Kier molecular flexibility index (Phi) is 4.46. The molecule has 0 amide bonds. The van der Waals surface area contributed by atoms with Gasteiger partial charge in [-0.3, -0.25) is 11.9 Å². The number of hydrogen-bond acceptors (Lipinski definition) is 1. The van der Waals surface area contributed by atoms with Crippen LogP contribution in [-0.4, -0.2) is 0 Å². The fraction of sp³-hybridized carbons (Fsp3) is 0. The molecule has 0 atom stereocenters. The Morgan fingerprint density at radius 3 is 2.29 bits per heavy atom. The first-order valence-electron chi connectivity index (χ1n) is 3.84. The number of halogens is 1. The van der Waals surface area contributed by atoms with Gasteiger partial charge in [-0.15, -0.1) is 0 Å². The predicted octanol–water partition coefficient (Wildman–Crippen LogP) is 4.55. The average Bonchev–Trinajstić information content (AvgIpc) is 2.19. The van der Waals surface area contributed by atoms with Crippen LogP contribution in [0.2, 0.25) is 5.02 Å². The molecule has 2 rings (SSSR count). The van der Waals surface area contributed by atoms with E-state index in [1.165, 1.54) is 0 Å². The van der Waals surface area contributed by atoms with Gasteiger partial charge in [0.25, 0.3) is 0 Å². The Labute approximate surface area is 106 Å². The van der Waals surface area contributed by atoms with E-state index >= 15 is 0 Å². The molecule has 0 aliphatic heterocycles. The van der Waals surface area contributed by atoms with Crippen molar-refractivity contribution in [2.24, 2.45) is 0 Å². The molecule has 0 aliphatic carbocycles. The number of hydrogen-bond donors (Lipinski definition) is 0. The van der Waals surface area contributed by atoms with E-state index in [0.717, 1.165) is 32.6 Å². The summed E-state index contributed by atoms with van der Waals surface area (Å²) in [6.07, 6.45) is 0. The fourth-order valence-corrected chi connectivity index (χ4v) is 1.98. The molecule has 0 spiro atoms. The molecule has 0 bridgehead atoms. The molecule has 72 valence electrons. The number of fused-ring (bicyclic) bond motifs is 1. The van der Waals surface area contributed by atoms with Gasteiger partial charge < -0.3 is 5.14 Å².